The minimum Gasteiger partial charge on any atom is -0.197 e. The molecule has 0 atom stereocenters. The van der Waals surface area contributed by atoms with E-state index in [9.17, 15) is 0 Å². The third kappa shape index (κ3) is 34.8. The second-order valence-electron chi connectivity index (χ2n) is 2.31. The van der Waals surface area contributed by atoms with E-state index in [1.54, 1.807) is 0 Å². The van der Waals surface area contributed by atoms with Crippen LogP contribution < -0.4 is 0 Å². The molecular weight excluding hydrogens is 176 g/mol. The molecule has 0 saturated heterocycles. The van der Waals surface area contributed by atoms with Crippen LogP contribution in [-0.4, -0.2) is 0 Å². The smallest absolute Gasteiger partial charge is 0.0319 e. The minimum atomic E-state index is 0. The van der Waals surface area contributed by atoms with Gasteiger partial charge in [0.15, 0.2) is 0 Å². The summed E-state index contributed by atoms with van der Waals surface area (Å²) in [6.07, 6.45) is 11.8. The first-order chi connectivity index (χ1) is 5.83. The van der Waals surface area contributed by atoms with Gasteiger partial charge in [-0.25, -0.2) is 0 Å². The molecule has 0 aliphatic carbocycles. The zero-order chi connectivity index (χ0) is 9.66. The summed E-state index contributed by atoms with van der Waals surface area (Å²) in [5.41, 5.74) is 0. The van der Waals surface area contributed by atoms with Crippen molar-refractivity contribution in [3.8, 4) is 0 Å². The van der Waals surface area contributed by atoms with Crippen LogP contribution in [0.15, 0.2) is 50.6 Å². The lowest BCUT2D eigenvalue weighted by atomic mass is 10.3. The first-order valence-corrected chi connectivity index (χ1v) is 4.27. The van der Waals surface area contributed by atoms with Crippen molar-refractivity contribution in [1.29, 1.82) is 0 Å². The summed E-state index contributed by atoms with van der Waals surface area (Å²) in [6.45, 7) is 14.2. The van der Waals surface area contributed by atoms with Gasteiger partial charge in [-0.05, 0) is 25.7 Å². The summed E-state index contributed by atoms with van der Waals surface area (Å²) in [6, 6.07) is 0. The molecule has 0 amide bonds. The number of hydrogen-bond donors (Lipinski definition) is 0. The van der Waals surface area contributed by atoms with E-state index in [1.807, 2.05) is 24.3 Å². The molecule has 0 fully saturated rings. The molecule has 0 spiro atoms. The van der Waals surface area contributed by atoms with E-state index in [1.165, 1.54) is 0 Å². The molecule has 0 aromatic carbocycles. The summed E-state index contributed by atoms with van der Waals surface area (Å²) in [7, 11) is 0. The van der Waals surface area contributed by atoms with Crippen molar-refractivity contribution in [3.05, 3.63) is 50.6 Å². The molecule has 0 aliphatic heterocycles. The highest BCUT2D eigenvalue weighted by Gasteiger charge is 1.66. The van der Waals surface area contributed by atoms with E-state index in [2.05, 4.69) is 26.3 Å². The highest BCUT2D eigenvalue weighted by molar-refractivity contribution is 7.59. The SMILES string of the molecule is C=CCCC=C.C=CCCC=C.S. The van der Waals surface area contributed by atoms with Gasteiger partial charge in [-0.3, -0.25) is 0 Å². The third-order valence-electron chi connectivity index (χ3n) is 1.15. The number of rotatable bonds is 6. The van der Waals surface area contributed by atoms with E-state index in [0.29, 0.717) is 0 Å². The third-order valence-corrected chi connectivity index (χ3v) is 1.15. The topological polar surface area (TPSA) is 0 Å². The van der Waals surface area contributed by atoms with Crippen LogP contribution in [0.4, 0.5) is 0 Å². The molecule has 1 heteroatoms. The lowest BCUT2D eigenvalue weighted by Gasteiger charge is -1.76. The highest BCUT2D eigenvalue weighted by Crippen LogP contribution is 1.86. The first kappa shape index (κ1) is 18.2. The Morgan fingerprint density at radius 1 is 0.538 bits per heavy atom. The Morgan fingerprint density at radius 2 is 0.692 bits per heavy atom. The first-order valence-electron chi connectivity index (χ1n) is 4.27. The van der Waals surface area contributed by atoms with Crippen LogP contribution in [0.5, 0.6) is 0 Å². The Hall–Kier alpha value is -0.690. The Kier molecular flexibility index (Phi) is 31.4. The van der Waals surface area contributed by atoms with Gasteiger partial charge in [0.2, 0.25) is 0 Å². The fourth-order valence-corrected chi connectivity index (χ4v) is 0.471. The van der Waals surface area contributed by atoms with Crippen molar-refractivity contribution in [2.75, 3.05) is 0 Å². The summed E-state index contributed by atoms with van der Waals surface area (Å²) in [5, 5.41) is 0. The standard InChI is InChI=1S/2C6H10.H2S/c2*1-3-5-6-4-2;/h2*3-4H,1-2,5-6H2;1H2. The molecule has 0 nitrogen and oxygen atoms in total. The average molecular weight is 198 g/mol. The van der Waals surface area contributed by atoms with Crippen molar-refractivity contribution >= 4 is 13.5 Å². The summed E-state index contributed by atoms with van der Waals surface area (Å²) in [4.78, 5) is 0. The molecule has 0 aliphatic rings. The molecule has 13 heavy (non-hydrogen) atoms. The average Bonchev–Trinajstić information content (AvgIpc) is 2.12. The quantitative estimate of drug-likeness (QED) is 0.438. The van der Waals surface area contributed by atoms with Gasteiger partial charge in [0.1, 0.15) is 0 Å². The Labute approximate surface area is 90.2 Å². The fraction of sp³-hybridized carbons (Fsp3) is 0.333. The van der Waals surface area contributed by atoms with E-state index in [0.717, 1.165) is 25.7 Å². The van der Waals surface area contributed by atoms with E-state index in [-0.39, 0.29) is 13.5 Å². The zero-order valence-corrected chi connectivity index (χ0v) is 9.47. The Bertz CT molecular complexity index is 93.1. The summed E-state index contributed by atoms with van der Waals surface area (Å²) < 4.78 is 0. The lowest BCUT2D eigenvalue weighted by molar-refractivity contribution is 1.06. The van der Waals surface area contributed by atoms with Gasteiger partial charge in [0.05, 0.1) is 0 Å². The van der Waals surface area contributed by atoms with Crippen LogP contribution in [0.1, 0.15) is 25.7 Å². The normalized spacial score (nSPS) is 6.77. The second-order valence-corrected chi connectivity index (χ2v) is 2.31. The van der Waals surface area contributed by atoms with Gasteiger partial charge in [-0.2, -0.15) is 13.5 Å². The largest absolute Gasteiger partial charge is 0.197 e. The zero-order valence-electron chi connectivity index (χ0n) is 8.47. The second kappa shape index (κ2) is 22.5. The Morgan fingerprint density at radius 3 is 0.769 bits per heavy atom. The van der Waals surface area contributed by atoms with E-state index < -0.39 is 0 Å². The van der Waals surface area contributed by atoms with Crippen LogP contribution >= 0.6 is 13.5 Å². The van der Waals surface area contributed by atoms with Gasteiger partial charge in [-0.15, -0.1) is 26.3 Å². The number of unbranched alkanes of at least 4 members (excludes halogenated alkanes) is 2. The highest BCUT2D eigenvalue weighted by atomic mass is 32.1. The van der Waals surface area contributed by atoms with Crippen LogP contribution in [0.2, 0.25) is 0 Å². The fourth-order valence-electron chi connectivity index (χ4n) is 0.471. The van der Waals surface area contributed by atoms with Crippen LogP contribution in [0.25, 0.3) is 0 Å². The van der Waals surface area contributed by atoms with E-state index in [4.69, 9.17) is 0 Å². The van der Waals surface area contributed by atoms with Gasteiger partial charge < -0.3 is 0 Å². The molecule has 0 radical (unpaired) electrons. The van der Waals surface area contributed by atoms with Crippen molar-refractivity contribution < 1.29 is 0 Å². The molecule has 0 aromatic heterocycles. The number of allylic oxidation sites excluding steroid dienone is 4. The maximum Gasteiger partial charge on any atom is -0.0319 e. The lowest BCUT2D eigenvalue weighted by Crippen LogP contribution is -1.56. The molecule has 0 heterocycles. The molecular formula is C12H22S. The molecule has 0 rings (SSSR count). The summed E-state index contributed by atoms with van der Waals surface area (Å²) >= 11 is 0. The summed E-state index contributed by atoms with van der Waals surface area (Å²) in [5.74, 6) is 0. The van der Waals surface area contributed by atoms with Crippen molar-refractivity contribution in [1.82, 2.24) is 0 Å². The maximum absolute atomic E-state index is 3.55. The monoisotopic (exact) mass is 198 g/mol. The molecule has 76 valence electrons. The van der Waals surface area contributed by atoms with E-state index >= 15 is 0 Å². The molecule has 0 bridgehead atoms. The molecule has 0 saturated carbocycles. The molecule has 0 N–H and O–H groups in total. The van der Waals surface area contributed by atoms with Gasteiger partial charge in [0.25, 0.3) is 0 Å². The van der Waals surface area contributed by atoms with Crippen molar-refractivity contribution in [2.24, 2.45) is 0 Å². The predicted molar refractivity (Wildman–Crippen MR) is 69.6 cm³/mol. The van der Waals surface area contributed by atoms with Crippen molar-refractivity contribution in [2.45, 2.75) is 25.7 Å². The predicted octanol–water partition coefficient (Wildman–Crippen LogP) is 4.39. The van der Waals surface area contributed by atoms with Gasteiger partial charge in [-0.1, -0.05) is 24.3 Å². The Balaban J connectivity index is -0.000000143. The van der Waals surface area contributed by atoms with Crippen LogP contribution in [0, 0.1) is 0 Å². The van der Waals surface area contributed by atoms with Gasteiger partial charge in [0, 0.05) is 0 Å². The van der Waals surface area contributed by atoms with Crippen LogP contribution in [0.3, 0.4) is 0 Å². The minimum absolute atomic E-state index is 0. The number of hydrogen-bond acceptors (Lipinski definition) is 0. The van der Waals surface area contributed by atoms with Crippen molar-refractivity contribution in [3.63, 3.8) is 0 Å². The maximum atomic E-state index is 3.55. The molecule has 0 unspecified atom stereocenters. The molecule has 0 aromatic rings. The van der Waals surface area contributed by atoms with Crippen LogP contribution in [-0.2, 0) is 0 Å². The van der Waals surface area contributed by atoms with Gasteiger partial charge >= 0.3 is 0 Å².